The summed E-state index contributed by atoms with van der Waals surface area (Å²) in [6.45, 7) is 0.695. The summed E-state index contributed by atoms with van der Waals surface area (Å²) in [5, 5.41) is 17.7. The minimum atomic E-state index is -0.0996. The Kier molecular flexibility index (Phi) is 3.30. The summed E-state index contributed by atoms with van der Waals surface area (Å²) in [6.07, 6.45) is 6.53. The molecule has 0 spiro atoms. The third kappa shape index (κ3) is 2.35. The lowest BCUT2D eigenvalue weighted by Gasteiger charge is -2.24. The largest absolute Gasteiger partial charge is 0.330 e. The molecule has 1 aliphatic heterocycles. The van der Waals surface area contributed by atoms with Crippen LogP contribution in [0.4, 0.5) is 0 Å². The molecule has 9 nitrogen and oxygen atoms in total. The molecule has 0 saturated carbocycles. The number of likely N-dealkylation sites (tertiary alicyclic amines) is 1. The maximum absolute atomic E-state index is 13.0. The maximum atomic E-state index is 13.0. The van der Waals surface area contributed by atoms with Crippen LogP contribution in [0.15, 0.2) is 36.9 Å². The molecule has 0 unspecified atom stereocenters. The molecule has 1 fully saturated rings. The normalized spacial score (nSPS) is 17.6. The second kappa shape index (κ2) is 5.59. The van der Waals surface area contributed by atoms with Crippen LogP contribution in [-0.4, -0.2) is 52.7 Å². The van der Waals surface area contributed by atoms with Gasteiger partial charge in [0.1, 0.15) is 11.9 Å². The first-order chi connectivity index (χ1) is 11.3. The van der Waals surface area contributed by atoms with Crippen LogP contribution in [0, 0.1) is 0 Å². The molecule has 23 heavy (non-hydrogen) atoms. The zero-order valence-corrected chi connectivity index (χ0v) is 12.2. The SMILES string of the molecule is O=C(c1cn[nH]c1-n1cnnn1)N1CCC[C@H]1c1ccccn1. The Balaban J connectivity index is 1.66. The highest BCUT2D eigenvalue weighted by molar-refractivity contribution is 5.97. The van der Waals surface area contributed by atoms with Crippen LogP contribution >= 0.6 is 0 Å². The Morgan fingerprint density at radius 1 is 1.35 bits per heavy atom. The number of hydrogen-bond acceptors (Lipinski definition) is 6. The van der Waals surface area contributed by atoms with Gasteiger partial charge in [0.05, 0.1) is 17.9 Å². The molecule has 1 N–H and O–H groups in total. The van der Waals surface area contributed by atoms with Crippen LogP contribution in [0.5, 0.6) is 0 Å². The lowest BCUT2D eigenvalue weighted by molar-refractivity contribution is 0.0733. The van der Waals surface area contributed by atoms with E-state index in [0.29, 0.717) is 17.9 Å². The third-order valence-corrected chi connectivity index (χ3v) is 3.97. The highest BCUT2D eigenvalue weighted by Crippen LogP contribution is 2.32. The molecule has 1 amide bonds. The number of tetrazole rings is 1. The number of hydrogen-bond donors (Lipinski definition) is 1. The van der Waals surface area contributed by atoms with Gasteiger partial charge >= 0.3 is 0 Å². The zero-order valence-electron chi connectivity index (χ0n) is 12.2. The Labute approximate surface area is 131 Å². The number of aromatic nitrogens is 7. The number of rotatable bonds is 3. The number of aromatic amines is 1. The first-order valence-electron chi connectivity index (χ1n) is 7.33. The molecule has 1 aliphatic rings. The van der Waals surface area contributed by atoms with Crippen molar-refractivity contribution < 1.29 is 4.79 Å². The lowest BCUT2D eigenvalue weighted by Crippen LogP contribution is -2.31. The summed E-state index contributed by atoms with van der Waals surface area (Å²) in [4.78, 5) is 19.2. The summed E-state index contributed by atoms with van der Waals surface area (Å²) in [7, 11) is 0. The monoisotopic (exact) mass is 310 g/mol. The molecule has 3 aromatic rings. The van der Waals surface area contributed by atoms with E-state index in [1.165, 1.54) is 17.2 Å². The van der Waals surface area contributed by atoms with Crippen LogP contribution in [0.25, 0.3) is 5.82 Å². The van der Waals surface area contributed by atoms with Crippen molar-refractivity contribution in [1.29, 1.82) is 0 Å². The van der Waals surface area contributed by atoms with Gasteiger partial charge in [-0.15, -0.1) is 5.10 Å². The van der Waals surface area contributed by atoms with Crippen molar-refractivity contribution in [3.8, 4) is 5.82 Å². The van der Waals surface area contributed by atoms with Gasteiger partial charge in [-0.3, -0.25) is 14.9 Å². The molecule has 3 aromatic heterocycles. The van der Waals surface area contributed by atoms with Gasteiger partial charge < -0.3 is 4.90 Å². The topological polar surface area (TPSA) is 105 Å². The highest BCUT2D eigenvalue weighted by atomic mass is 16.2. The van der Waals surface area contributed by atoms with Gasteiger partial charge in [0.2, 0.25) is 0 Å². The third-order valence-electron chi connectivity index (χ3n) is 3.97. The fourth-order valence-corrected chi connectivity index (χ4v) is 2.92. The van der Waals surface area contributed by atoms with Crippen LogP contribution in [0.2, 0.25) is 0 Å². The van der Waals surface area contributed by atoms with Crippen molar-refractivity contribution >= 4 is 5.91 Å². The summed E-state index contributed by atoms with van der Waals surface area (Å²) >= 11 is 0. The molecule has 116 valence electrons. The maximum Gasteiger partial charge on any atom is 0.259 e. The molecule has 4 heterocycles. The number of amides is 1. The van der Waals surface area contributed by atoms with Gasteiger partial charge in [0.15, 0.2) is 5.82 Å². The second-order valence-corrected chi connectivity index (χ2v) is 5.30. The van der Waals surface area contributed by atoms with Crippen molar-refractivity contribution in [3.05, 3.63) is 48.2 Å². The minimum absolute atomic E-state index is 0.0136. The van der Waals surface area contributed by atoms with Gasteiger partial charge in [-0.05, 0) is 35.4 Å². The lowest BCUT2D eigenvalue weighted by atomic mass is 10.1. The van der Waals surface area contributed by atoms with Crippen molar-refractivity contribution in [2.24, 2.45) is 0 Å². The molecule has 1 atom stereocenters. The summed E-state index contributed by atoms with van der Waals surface area (Å²) in [5.41, 5.74) is 1.35. The number of carbonyl (C=O) groups is 1. The van der Waals surface area contributed by atoms with Crippen LogP contribution in [-0.2, 0) is 0 Å². The summed E-state index contributed by atoms with van der Waals surface area (Å²) in [5.74, 6) is 0.365. The molecule has 4 rings (SSSR count). The van der Waals surface area contributed by atoms with Gasteiger partial charge in [-0.2, -0.15) is 9.78 Å². The van der Waals surface area contributed by atoms with E-state index in [9.17, 15) is 4.79 Å². The van der Waals surface area contributed by atoms with Crippen molar-refractivity contribution in [3.63, 3.8) is 0 Å². The van der Waals surface area contributed by atoms with E-state index in [2.05, 4.69) is 30.7 Å². The van der Waals surface area contributed by atoms with E-state index in [4.69, 9.17) is 0 Å². The molecule has 1 saturated heterocycles. The molecule has 0 radical (unpaired) electrons. The van der Waals surface area contributed by atoms with Gasteiger partial charge in [0, 0.05) is 12.7 Å². The smallest absolute Gasteiger partial charge is 0.259 e. The standard InChI is InChI=1S/C14H14N8O/c23-14(10-8-16-18-13(10)22-9-17-19-20-22)21-7-3-5-12(21)11-4-1-2-6-15-11/h1-2,4,6,8-9,12H,3,5,7H2,(H,16,18)/t12-/m0/s1. The quantitative estimate of drug-likeness (QED) is 0.765. The number of carbonyl (C=O) groups excluding carboxylic acids is 1. The molecule has 0 bridgehead atoms. The predicted molar refractivity (Wildman–Crippen MR) is 78.5 cm³/mol. The van der Waals surface area contributed by atoms with Crippen LogP contribution in [0.1, 0.15) is 34.9 Å². The molecular formula is C14H14N8O. The van der Waals surface area contributed by atoms with E-state index in [-0.39, 0.29) is 11.9 Å². The highest BCUT2D eigenvalue weighted by Gasteiger charge is 2.33. The molecule has 9 heteroatoms. The first-order valence-corrected chi connectivity index (χ1v) is 7.33. The summed E-state index contributed by atoms with van der Waals surface area (Å²) < 4.78 is 1.39. The van der Waals surface area contributed by atoms with Crippen LogP contribution < -0.4 is 0 Å². The van der Waals surface area contributed by atoms with Gasteiger partial charge in [0.25, 0.3) is 5.91 Å². The number of pyridine rings is 1. The van der Waals surface area contributed by atoms with Crippen molar-refractivity contribution in [2.75, 3.05) is 6.54 Å². The Bertz CT molecular complexity index is 797. The number of nitrogens with one attached hydrogen (secondary N) is 1. The van der Waals surface area contributed by atoms with E-state index in [1.54, 1.807) is 6.20 Å². The van der Waals surface area contributed by atoms with E-state index in [1.807, 2.05) is 23.1 Å². The van der Waals surface area contributed by atoms with Gasteiger partial charge in [-0.25, -0.2) is 0 Å². The van der Waals surface area contributed by atoms with Crippen LogP contribution in [0.3, 0.4) is 0 Å². The van der Waals surface area contributed by atoms with Gasteiger partial charge in [-0.1, -0.05) is 6.07 Å². The van der Waals surface area contributed by atoms with Crippen molar-refractivity contribution in [1.82, 2.24) is 40.3 Å². The number of H-pyrrole nitrogens is 1. The Hall–Kier alpha value is -3.10. The van der Waals surface area contributed by atoms with E-state index in [0.717, 1.165) is 18.5 Å². The fraction of sp³-hybridized carbons (Fsp3) is 0.286. The zero-order chi connectivity index (χ0) is 15.6. The fourth-order valence-electron chi connectivity index (χ4n) is 2.92. The average molecular weight is 310 g/mol. The molecule has 0 aliphatic carbocycles. The average Bonchev–Trinajstić information content (AvgIpc) is 3.34. The molecular weight excluding hydrogens is 296 g/mol. The number of nitrogens with zero attached hydrogens (tertiary/aromatic N) is 7. The summed E-state index contributed by atoms with van der Waals surface area (Å²) in [6, 6.07) is 5.75. The van der Waals surface area contributed by atoms with Crippen molar-refractivity contribution in [2.45, 2.75) is 18.9 Å². The second-order valence-electron chi connectivity index (χ2n) is 5.30. The Morgan fingerprint density at radius 3 is 3.09 bits per heavy atom. The van der Waals surface area contributed by atoms with E-state index >= 15 is 0 Å². The van der Waals surface area contributed by atoms with E-state index < -0.39 is 0 Å². The Morgan fingerprint density at radius 2 is 2.30 bits per heavy atom. The minimum Gasteiger partial charge on any atom is -0.330 e. The molecule has 0 aromatic carbocycles. The predicted octanol–water partition coefficient (Wildman–Crippen LogP) is 0.758. The first kappa shape index (κ1) is 13.6.